The molecule has 0 atom stereocenters. The predicted octanol–water partition coefficient (Wildman–Crippen LogP) is 3.15. The minimum absolute atomic E-state index is 0.786. The molecule has 0 aromatic heterocycles. The van der Waals surface area contributed by atoms with Crippen molar-refractivity contribution in [1.29, 1.82) is 0 Å². The van der Waals surface area contributed by atoms with Crippen molar-refractivity contribution in [2.45, 2.75) is 32.6 Å². The SMILES string of the molecule is Cc1cc(N)cc(OCCC2CCC2)c1. The summed E-state index contributed by atoms with van der Waals surface area (Å²) in [6.07, 6.45) is 5.37. The number of hydrogen-bond donors (Lipinski definition) is 1. The van der Waals surface area contributed by atoms with Crippen LogP contribution in [-0.2, 0) is 0 Å². The maximum absolute atomic E-state index is 5.75. The second-order valence-electron chi connectivity index (χ2n) is 4.51. The van der Waals surface area contributed by atoms with Crippen LogP contribution in [0.4, 0.5) is 5.69 Å². The average Bonchev–Trinajstić information content (AvgIpc) is 2.07. The smallest absolute Gasteiger partial charge is 0.121 e. The molecular formula is C13H19NO. The van der Waals surface area contributed by atoms with Crippen LogP contribution in [0.25, 0.3) is 0 Å². The highest BCUT2D eigenvalue weighted by molar-refractivity contribution is 5.47. The highest BCUT2D eigenvalue weighted by atomic mass is 16.5. The molecule has 82 valence electrons. The van der Waals surface area contributed by atoms with Gasteiger partial charge >= 0.3 is 0 Å². The Morgan fingerprint density at radius 1 is 1.33 bits per heavy atom. The van der Waals surface area contributed by atoms with Crippen molar-refractivity contribution in [3.05, 3.63) is 23.8 Å². The molecule has 2 N–H and O–H groups in total. The van der Waals surface area contributed by atoms with Crippen molar-refractivity contribution in [2.75, 3.05) is 12.3 Å². The Labute approximate surface area is 91.4 Å². The van der Waals surface area contributed by atoms with Crippen molar-refractivity contribution in [1.82, 2.24) is 0 Å². The van der Waals surface area contributed by atoms with Gasteiger partial charge in [0.05, 0.1) is 6.61 Å². The fraction of sp³-hybridized carbons (Fsp3) is 0.538. The van der Waals surface area contributed by atoms with Gasteiger partial charge in [-0.1, -0.05) is 19.3 Å². The van der Waals surface area contributed by atoms with Crippen molar-refractivity contribution >= 4 is 5.69 Å². The van der Waals surface area contributed by atoms with Crippen LogP contribution >= 0.6 is 0 Å². The Morgan fingerprint density at radius 3 is 2.73 bits per heavy atom. The summed E-state index contributed by atoms with van der Waals surface area (Å²) in [6.45, 7) is 2.86. The first-order valence-corrected chi connectivity index (χ1v) is 5.74. The third-order valence-corrected chi connectivity index (χ3v) is 3.09. The van der Waals surface area contributed by atoms with Crippen LogP contribution in [0.15, 0.2) is 18.2 Å². The van der Waals surface area contributed by atoms with Gasteiger partial charge in [0.15, 0.2) is 0 Å². The summed E-state index contributed by atoms with van der Waals surface area (Å²) in [5, 5.41) is 0. The van der Waals surface area contributed by atoms with Crippen LogP contribution in [0.1, 0.15) is 31.2 Å². The summed E-state index contributed by atoms with van der Waals surface area (Å²) in [5.74, 6) is 1.82. The third kappa shape index (κ3) is 2.88. The Morgan fingerprint density at radius 2 is 2.13 bits per heavy atom. The lowest BCUT2D eigenvalue weighted by atomic mass is 9.83. The van der Waals surface area contributed by atoms with Crippen LogP contribution < -0.4 is 10.5 Å². The van der Waals surface area contributed by atoms with E-state index >= 15 is 0 Å². The van der Waals surface area contributed by atoms with Crippen molar-refractivity contribution in [2.24, 2.45) is 5.92 Å². The lowest BCUT2D eigenvalue weighted by Gasteiger charge is -2.25. The van der Waals surface area contributed by atoms with Gasteiger partial charge in [-0.3, -0.25) is 0 Å². The van der Waals surface area contributed by atoms with Crippen LogP contribution in [0.3, 0.4) is 0 Å². The molecule has 15 heavy (non-hydrogen) atoms. The van der Waals surface area contributed by atoms with Gasteiger partial charge in [-0.2, -0.15) is 0 Å². The molecule has 0 aliphatic heterocycles. The topological polar surface area (TPSA) is 35.2 Å². The van der Waals surface area contributed by atoms with E-state index < -0.39 is 0 Å². The van der Waals surface area contributed by atoms with Crippen molar-refractivity contribution in [3.63, 3.8) is 0 Å². The van der Waals surface area contributed by atoms with E-state index in [1.165, 1.54) is 25.7 Å². The number of anilines is 1. The maximum atomic E-state index is 5.75. The minimum Gasteiger partial charge on any atom is -0.493 e. The second-order valence-corrected chi connectivity index (χ2v) is 4.51. The third-order valence-electron chi connectivity index (χ3n) is 3.09. The first kappa shape index (κ1) is 10.3. The quantitative estimate of drug-likeness (QED) is 0.766. The molecule has 2 rings (SSSR count). The summed E-state index contributed by atoms with van der Waals surface area (Å²) < 4.78 is 5.69. The van der Waals surface area contributed by atoms with Gasteiger partial charge < -0.3 is 10.5 Å². The standard InChI is InChI=1S/C13H19NO/c1-10-7-12(14)9-13(8-10)15-6-5-11-3-2-4-11/h7-9,11H,2-6,14H2,1H3. The zero-order chi connectivity index (χ0) is 10.7. The summed E-state index contributed by atoms with van der Waals surface area (Å²) in [7, 11) is 0. The average molecular weight is 205 g/mol. The van der Waals surface area contributed by atoms with E-state index in [9.17, 15) is 0 Å². The lowest BCUT2D eigenvalue weighted by molar-refractivity contribution is 0.222. The molecular weight excluding hydrogens is 186 g/mol. The monoisotopic (exact) mass is 205 g/mol. The number of aryl methyl sites for hydroxylation is 1. The molecule has 0 radical (unpaired) electrons. The molecule has 0 amide bonds. The molecule has 2 nitrogen and oxygen atoms in total. The number of hydrogen-bond acceptors (Lipinski definition) is 2. The second kappa shape index (κ2) is 4.56. The molecule has 1 saturated carbocycles. The minimum atomic E-state index is 0.786. The van der Waals surface area contributed by atoms with Crippen LogP contribution in [0.5, 0.6) is 5.75 Å². The molecule has 0 heterocycles. The van der Waals surface area contributed by atoms with Crippen molar-refractivity contribution in [3.8, 4) is 5.75 Å². The van der Waals surface area contributed by atoms with Crippen molar-refractivity contribution < 1.29 is 4.74 Å². The molecule has 1 fully saturated rings. The van der Waals surface area contributed by atoms with Gasteiger partial charge in [-0.25, -0.2) is 0 Å². The highest BCUT2D eigenvalue weighted by Gasteiger charge is 2.16. The Balaban J connectivity index is 1.81. The van der Waals surface area contributed by atoms with Gasteiger partial charge in [-0.15, -0.1) is 0 Å². The largest absolute Gasteiger partial charge is 0.493 e. The highest BCUT2D eigenvalue weighted by Crippen LogP contribution is 2.29. The first-order chi connectivity index (χ1) is 7.24. The summed E-state index contributed by atoms with van der Waals surface area (Å²) in [5.41, 5.74) is 7.69. The maximum Gasteiger partial charge on any atom is 0.121 e. The number of rotatable bonds is 4. The van der Waals surface area contributed by atoms with Crippen LogP contribution in [-0.4, -0.2) is 6.61 Å². The van der Waals surface area contributed by atoms with Gasteiger partial charge in [0, 0.05) is 11.8 Å². The Hall–Kier alpha value is -1.18. The summed E-state index contributed by atoms with van der Waals surface area (Å²) in [6, 6.07) is 5.89. The normalized spacial score (nSPS) is 16.1. The van der Waals surface area contributed by atoms with E-state index in [4.69, 9.17) is 10.5 Å². The molecule has 0 unspecified atom stereocenters. The molecule has 1 aliphatic carbocycles. The Kier molecular flexibility index (Phi) is 3.14. The molecule has 1 aliphatic rings. The van der Waals surface area contributed by atoms with Crippen LogP contribution in [0.2, 0.25) is 0 Å². The number of benzene rings is 1. The number of nitrogen functional groups attached to an aromatic ring is 1. The molecule has 2 heteroatoms. The van der Waals surface area contributed by atoms with Gasteiger partial charge in [-0.05, 0) is 37.0 Å². The van der Waals surface area contributed by atoms with Gasteiger partial charge in [0.25, 0.3) is 0 Å². The van der Waals surface area contributed by atoms with E-state index in [1.54, 1.807) is 0 Å². The lowest BCUT2D eigenvalue weighted by Crippen LogP contribution is -2.14. The number of nitrogens with two attached hydrogens (primary N) is 1. The summed E-state index contributed by atoms with van der Waals surface area (Å²) >= 11 is 0. The van der Waals surface area contributed by atoms with E-state index in [-0.39, 0.29) is 0 Å². The fourth-order valence-electron chi connectivity index (χ4n) is 1.98. The predicted molar refractivity (Wildman–Crippen MR) is 63.0 cm³/mol. The first-order valence-electron chi connectivity index (χ1n) is 5.74. The van der Waals surface area contributed by atoms with Gasteiger partial charge in [0.1, 0.15) is 5.75 Å². The zero-order valence-corrected chi connectivity index (χ0v) is 9.33. The van der Waals surface area contributed by atoms with E-state index in [0.717, 1.165) is 29.5 Å². The van der Waals surface area contributed by atoms with E-state index in [1.807, 2.05) is 25.1 Å². The van der Waals surface area contributed by atoms with E-state index in [0.29, 0.717) is 0 Å². The molecule has 0 saturated heterocycles. The number of ether oxygens (including phenoxy) is 1. The van der Waals surface area contributed by atoms with Crippen LogP contribution in [0, 0.1) is 12.8 Å². The summed E-state index contributed by atoms with van der Waals surface area (Å²) in [4.78, 5) is 0. The van der Waals surface area contributed by atoms with E-state index in [2.05, 4.69) is 0 Å². The molecule has 0 bridgehead atoms. The Bertz CT molecular complexity index is 311. The fourth-order valence-corrected chi connectivity index (χ4v) is 1.98. The molecule has 0 spiro atoms. The van der Waals surface area contributed by atoms with Gasteiger partial charge in [0.2, 0.25) is 0 Å². The molecule has 1 aromatic carbocycles. The molecule has 1 aromatic rings. The zero-order valence-electron chi connectivity index (χ0n) is 9.33.